The second kappa shape index (κ2) is 6.58. The molecule has 0 aliphatic rings. The fourth-order valence-corrected chi connectivity index (χ4v) is 2.44. The zero-order valence-corrected chi connectivity index (χ0v) is 12.0. The number of rotatable bonds is 6. The first kappa shape index (κ1) is 13.9. The molecule has 0 bridgehead atoms. The minimum Gasteiger partial charge on any atom is -0.489 e. The van der Waals surface area contributed by atoms with E-state index in [0.717, 1.165) is 18.7 Å². The fraction of sp³-hybridized carbons (Fsp3) is 0.412. The minimum absolute atomic E-state index is 0.172. The van der Waals surface area contributed by atoms with Gasteiger partial charge in [-0.25, -0.2) is 0 Å². The Labute approximate surface area is 115 Å². The maximum Gasteiger partial charge on any atom is 0.120 e. The van der Waals surface area contributed by atoms with Crippen molar-refractivity contribution < 1.29 is 4.74 Å². The lowest BCUT2D eigenvalue weighted by Gasteiger charge is -2.24. The molecule has 2 rings (SSSR count). The highest BCUT2D eigenvalue weighted by atomic mass is 16.5. The third-order valence-electron chi connectivity index (χ3n) is 3.52. The highest BCUT2D eigenvalue weighted by molar-refractivity contribution is 5.83. The predicted octanol–water partition coefficient (Wildman–Crippen LogP) is 4.00. The van der Waals surface area contributed by atoms with Gasteiger partial charge < -0.3 is 10.1 Å². The van der Waals surface area contributed by atoms with Gasteiger partial charge in [0, 0.05) is 6.04 Å². The molecule has 2 unspecified atom stereocenters. The number of hydrogen-bond acceptors (Lipinski definition) is 2. The van der Waals surface area contributed by atoms with Crippen molar-refractivity contribution >= 4 is 10.8 Å². The average Bonchev–Trinajstić information content (AvgIpc) is 2.44. The molecular weight excluding hydrogens is 234 g/mol. The van der Waals surface area contributed by atoms with E-state index in [2.05, 4.69) is 68.6 Å². The van der Waals surface area contributed by atoms with Crippen molar-refractivity contribution in [3.05, 3.63) is 42.5 Å². The van der Waals surface area contributed by atoms with Crippen LogP contribution in [0.4, 0.5) is 0 Å². The third-order valence-corrected chi connectivity index (χ3v) is 3.52. The molecule has 2 atom stereocenters. The first-order valence-electron chi connectivity index (χ1n) is 7.13. The first-order chi connectivity index (χ1) is 9.24. The van der Waals surface area contributed by atoms with E-state index in [4.69, 9.17) is 4.74 Å². The maximum absolute atomic E-state index is 6.07. The van der Waals surface area contributed by atoms with Crippen LogP contribution in [-0.2, 0) is 0 Å². The van der Waals surface area contributed by atoms with E-state index in [-0.39, 0.29) is 6.10 Å². The molecule has 102 valence electrons. The monoisotopic (exact) mass is 257 g/mol. The van der Waals surface area contributed by atoms with Crippen LogP contribution in [0, 0.1) is 0 Å². The zero-order valence-electron chi connectivity index (χ0n) is 12.0. The van der Waals surface area contributed by atoms with Crippen molar-refractivity contribution in [2.45, 2.75) is 39.3 Å². The minimum atomic E-state index is 0.172. The van der Waals surface area contributed by atoms with Gasteiger partial charge in [0.05, 0.1) is 0 Å². The molecule has 1 N–H and O–H groups in total. The van der Waals surface area contributed by atoms with Gasteiger partial charge in [-0.3, -0.25) is 0 Å². The van der Waals surface area contributed by atoms with Gasteiger partial charge in [0.15, 0.2) is 0 Å². The molecule has 0 radical (unpaired) electrons. The summed E-state index contributed by atoms with van der Waals surface area (Å²) in [6.07, 6.45) is 1.24. The maximum atomic E-state index is 6.07. The summed E-state index contributed by atoms with van der Waals surface area (Å²) < 4.78 is 6.07. The number of hydrogen-bond donors (Lipinski definition) is 1. The standard InChI is InChI=1S/C17H23NO/c1-4-17(18-5-2)13(3)19-16-11-10-14-8-6-7-9-15(14)12-16/h6-13,17-18H,4-5H2,1-3H3. The van der Waals surface area contributed by atoms with E-state index >= 15 is 0 Å². The normalized spacial score (nSPS) is 14.3. The lowest BCUT2D eigenvalue weighted by atomic mass is 10.1. The van der Waals surface area contributed by atoms with Gasteiger partial charge in [-0.05, 0) is 42.8 Å². The van der Waals surface area contributed by atoms with Crippen LogP contribution in [0.25, 0.3) is 10.8 Å². The largest absolute Gasteiger partial charge is 0.489 e. The van der Waals surface area contributed by atoms with Crippen molar-refractivity contribution in [1.29, 1.82) is 0 Å². The number of benzene rings is 2. The Morgan fingerprint density at radius 1 is 1.05 bits per heavy atom. The van der Waals surface area contributed by atoms with Gasteiger partial charge in [-0.1, -0.05) is 44.2 Å². The van der Waals surface area contributed by atoms with E-state index < -0.39 is 0 Å². The summed E-state index contributed by atoms with van der Waals surface area (Å²) in [5, 5.41) is 5.94. The van der Waals surface area contributed by atoms with Crippen molar-refractivity contribution in [2.75, 3.05) is 6.54 Å². The van der Waals surface area contributed by atoms with E-state index in [1.165, 1.54) is 10.8 Å². The molecule has 0 fully saturated rings. The Morgan fingerprint density at radius 2 is 1.79 bits per heavy atom. The van der Waals surface area contributed by atoms with Gasteiger partial charge in [0.1, 0.15) is 11.9 Å². The Kier molecular flexibility index (Phi) is 4.80. The SMILES string of the molecule is CCNC(CC)C(C)Oc1ccc2ccccc2c1. The molecule has 0 aliphatic carbocycles. The van der Waals surface area contributed by atoms with Crippen LogP contribution in [-0.4, -0.2) is 18.7 Å². The van der Waals surface area contributed by atoms with Crippen LogP contribution in [0.3, 0.4) is 0 Å². The molecule has 2 aromatic carbocycles. The van der Waals surface area contributed by atoms with Gasteiger partial charge >= 0.3 is 0 Å². The van der Waals surface area contributed by atoms with Crippen molar-refractivity contribution in [3.8, 4) is 5.75 Å². The zero-order chi connectivity index (χ0) is 13.7. The summed E-state index contributed by atoms with van der Waals surface area (Å²) >= 11 is 0. The highest BCUT2D eigenvalue weighted by Crippen LogP contribution is 2.22. The van der Waals surface area contributed by atoms with Crippen LogP contribution >= 0.6 is 0 Å². The Hall–Kier alpha value is -1.54. The van der Waals surface area contributed by atoms with Gasteiger partial charge in [-0.2, -0.15) is 0 Å². The van der Waals surface area contributed by atoms with Gasteiger partial charge in [0.2, 0.25) is 0 Å². The highest BCUT2D eigenvalue weighted by Gasteiger charge is 2.15. The van der Waals surface area contributed by atoms with Gasteiger partial charge in [0.25, 0.3) is 0 Å². The second-order valence-electron chi connectivity index (χ2n) is 4.90. The summed E-state index contributed by atoms with van der Waals surface area (Å²) in [4.78, 5) is 0. The quantitative estimate of drug-likeness (QED) is 0.844. The molecule has 0 heterocycles. The van der Waals surface area contributed by atoms with Crippen LogP contribution in [0.5, 0.6) is 5.75 Å². The topological polar surface area (TPSA) is 21.3 Å². The molecule has 19 heavy (non-hydrogen) atoms. The molecule has 2 nitrogen and oxygen atoms in total. The van der Waals surface area contributed by atoms with E-state index in [9.17, 15) is 0 Å². The summed E-state index contributed by atoms with van der Waals surface area (Å²) in [7, 11) is 0. The third kappa shape index (κ3) is 3.48. The van der Waals surface area contributed by atoms with E-state index in [1.807, 2.05) is 0 Å². The van der Waals surface area contributed by atoms with Crippen LogP contribution < -0.4 is 10.1 Å². The fourth-order valence-electron chi connectivity index (χ4n) is 2.44. The molecule has 0 amide bonds. The van der Waals surface area contributed by atoms with Crippen molar-refractivity contribution in [2.24, 2.45) is 0 Å². The van der Waals surface area contributed by atoms with Crippen LogP contribution in [0.2, 0.25) is 0 Å². The van der Waals surface area contributed by atoms with Crippen molar-refractivity contribution in [1.82, 2.24) is 5.32 Å². The molecule has 0 saturated carbocycles. The lowest BCUT2D eigenvalue weighted by molar-refractivity contribution is 0.168. The molecular formula is C17H23NO. The molecule has 0 spiro atoms. The van der Waals surface area contributed by atoms with Gasteiger partial charge in [-0.15, -0.1) is 0 Å². The second-order valence-corrected chi connectivity index (χ2v) is 4.90. The molecule has 0 aromatic heterocycles. The molecule has 2 aromatic rings. The van der Waals surface area contributed by atoms with E-state index in [0.29, 0.717) is 6.04 Å². The lowest BCUT2D eigenvalue weighted by Crippen LogP contribution is -2.40. The summed E-state index contributed by atoms with van der Waals surface area (Å²) in [5.74, 6) is 0.947. The number of nitrogens with one attached hydrogen (secondary N) is 1. The first-order valence-corrected chi connectivity index (χ1v) is 7.13. The molecule has 2 heteroatoms. The smallest absolute Gasteiger partial charge is 0.120 e. The number of ether oxygens (including phenoxy) is 1. The predicted molar refractivity (Wildman–Crippen MR) is 81.8 cm³/mol. The Morgan fingerprint density at radius 3 is 2.47 bits per heavy atom. The summed E-state index contributed by atoms with van der Waals surface area (Å²) in [5.41, 5.74) is 0. The number of likely N-dealkylation sites (N-methyl/N-ethyl adjacent to an activating group) is 1. The Balaban J connectivity index is 2.11. The van der Waals surface area contributed by atoms with Crippen LogP contribution in [0.1, 0.15) is 27.2 Å². The summed E-state index contributed by atoms with van der Waals surface area (Å²) in [6, 6.07) is 15.0. The molecule has 0 saturated heterocycles. The molecule has 0 aliphatic heterocycles. The number of fused-ring (bicyclic) bond motifs is 1. The Bertz CT molecular complexity index is 523. The van der Waals surface area contributed by atoms with Crippen molar-refractivity contribution in [3.63, 3.8) is 0 Å². The average molecular weight is 257 g/mol. The van der Waals surface area contributed by atoms with E-state index in [1.54, 1.807) is 0 Å². The van der Waals surface area contributed by atoms with Crippen LogP contribution in [0.15, 0.2) is 42.5 Å². The summed E-state index contributed by atoms with van der Waals surface area (Å²) in [6.45, 7) is 7.43.